The lowest BCUT2D eigenvalue weighted by atomic mass is 10.1. The van der Waals surface area contributed by atoms with E-state index >= 15 is 0 Å². The Bertz CT molecular complexity index is 683. The van der Waals surface area contributed by atoms with Crippen LogP contribution in [0.5, 0.6) is 11.5 Å². The molecule has 7 nitrogen and oxygen atoms in total. The van der Waals surface area contributed by atoms with E-state index in [1.807, 2.05) is 0 Å². The summed E-state index contributed by atoms with van der Waals surface area (Å²) in [6.07, 6.45) is -3.94. The normalized spacial score (nSPS) is 25.8. The van der Waals surface area contributed by atoms with Crippen LogP contribution in [0.3, 0.4) is 0 Å². The van der Waals surface area contributed by atoms with Gasteiger partial charge in [-0.1, -0.05) is 6.07 Å². The van der Waals surface area contributed by atoms with E-state index in [2.05, 4.69) is 25.4 Å². The maximum atomic E-state index is 13.0. The van der Waals surface area contributed by atoms with Crippen molar-refractivity contribution in [3.05, 3.63) is 23.8 Å². The zero-order valence-corrected chi connectivity index (χ0v) is 13.1. The standard InChI is InChI=1S/C15H17F2N3O4/c1-7(18-14(22)10-6-13(21)20-8(2)19-10)9-3-4-11-12(5-9)24-15(16,17)23-11/h3-5,7-8,10,19H,6H2,1-2H3,(H,18,22)(H,20,21)/t7-,8?,10?/m1/s1. The summed E-state index contributed by atoms with van der Waals surface area (Å²) in [6, 6.07) is 3.23. The average molecular weight is 341 g/mol. The lowest BCUT2D eigenvalue weighted by Gasteiger charge is -2.29. The van der Waals surface area contributed by atoms with Crippen LogP contribution in [0.2, 0.25) is 0 Å². The van der Waals surface area contributed by atoms with Gasteiger partial charge in [-0.2, -0.15) is 0 Å². The number of halogens is 2. The number of benzene rings is 1. The molecule has 0 saturated carbocycles. The zero-order valence-electron chi connectivity index (χ0n) is 13.1. The number of hydrogen-bond donors (Lipinski definition) is 3. The second-order valence-electron chi connectivity index (χ2n) is 5.82. The molecule has 2 amide bonds. The summed E-state index contributed by atoms with van der Waals surface area (Å²) in [5.41, 5.74) is 0.580. The van der Waals surface area contributed by atoms with Gasteiger partial charge in [-0.05, 0) is 31.5 Å². The van der Waals surface area contributed by atoms with Gasteiger partial charge in [-0.15, -0.1) is 8.78 Å². The first-order chi connectivity index (χ1) is 11.2. The van der Waals surface area contributed by atoms with Crippen LogP contribution >= 0.6 is 0 Å². The topological polar surface area (TPSA) is 88.7 Å². The van der Waals surface area contributed by atoms with Crippen LogP contribution in [0, 0.1) is 0 Å². The lowest BCUT2D eigenvalue weighted by Crippen LogP contribution is -2.59. The summed E-state index contributed by atoms with van der Waals surface area (Å²) >= 11 is 0. The molecule has 0 spiro atoms. The molecule has 2 aliphatic heterocycles. The molecule has 1 aromatic rings. The van der Waals surface area contributed by atoms with Crippen molar-refractivity contribution in [3.63, 3.8) is 0 Å². The number of alkyl halides is 2. The van der Waals surface area contributed by atoms with Gasteiger partial charge in [0.25, 0.3) is 0 Å². The number of carbonyl (C=O) groups excluding carboxylic acids is 2. The van der Waals surface area contributed by atoms with Crippen molar-refractivity contribution in [2.45, 2.75) is 44.8 Å². The molecule has 0 aromatic heterocycles. The molecule has 2 heterocycles. The van der Waals surface area contributed by atoms with Crippen LogP contribution in [0.15, 0.2) is 18.2 Å². The van der Waals surface area contributed by atoms with Crippen LogP contribution in [-0.2, 0) is 9.59 Å². The van der Waals surface area contributed by atoms with Crippen molar-refractivity contribution in [2.24, 2.45) is 0 Å². The van der Waals surface area contributed by atoms with Crippen LogP contribution in [0.4, 0.5) is 8.78 Å². The van der Waals surface area contributed by atoms with Crippen molar-refractivity contribution in [3.8, 4) is 11.5 Å². The second kappa shape index (κ2) is 5.90. The molecule has 130 valence electrons. The van der Waals surface area contributed by atoms with Gasteiger partial charge >= 0.3 is 6.29 Å². The van der Waals surface area contributed by atoms with Gasteiger partial charge in [-0.25, -0.2) is 0 Å². The Morgan fingerprint density at radius 3 is 2.79 bits per heavy atom. The van der Waals surface area contributed by atoms with E-state index < -0.39 is 18.4 Å². The van der Waals surface area contributed by atoms with Crippen molar-refractivity contribution in [1.82, 2.24) is 16.0 Å². The molecule has 3 rings (SSSR count). The minimum absolute atomic E-state index is 0.0380. The molecule has 3 atom stereocenters. The van der Waals surface area contributed by atoms with E-state index in [9.17, 15) is 18.4 Å². The number of fused-ring (bicyclic) bond motifs is 1. The van der Waals surface area contributed by atoms with Crippen molar-refractivity contribution in [1.29, 1.82) is 0 Å². The Morgan fingerprint density at radius 2 is 2.08 bits per heavy atom. The quantitative estimate of drug-likeness (QED) is 0.764. The highest BCUT2D eigenvalue weighted by atomic mass is 19.3. The maximum absolute atomic E-state index is 13.0. The van der Waals surface area contributed by atoms with Gasteiger partial charge in [0.2, 0.25) is 11.8 Å². The Morgan fingerprint density at radius 1 is 1.38 bits per heavy atom. The van der Waals surface area contributed by atoms with E-state index in [0.29, 0.717) is 5.56 Å². The van der Waals surface area contributed by atoms with Crippen molar-refractivity contribution < 1.29 is 27.8 Å². The van der Waals surface area contributed by atoms with Crippen LogP contribution in [0.25, 0.3) is 0 Å². The molecule has 0 bridgehead atoms. The molecule has 2 unspecified atom stereocenters. The fourth-order valence-electron chi connectivity index (χ4n) is 2.69. The zero-order chi connectivity index (χ0) is 17.5. The Labute approximate surface area is 136 Å². The number of rotatable bonds is 3. The largest absolute Gasteiger partial charge is 0.586 e. The second-order valence-corrected chi connectivity index (χ2v) is 5.82. The third kappa shape index (κ3) is 3.40. The van der Waals surface area contributed by atoms with Gasteiger partial charge in [0, 0.05) is 0 Å². The summed E-state index contributed by atoms with van der Waals surface area (Å²) in [5, 5.41) is 8.38. The molecule has 1 fully saturated rings. The first-order valence-electron chi connectivity index (χ1n) is 7.49. The average Bonchev–Trinajstić information content (AvgIpc) is 2.78. The van der Waals surface area contributed by atoms with Crippen LogP contribution < -0.4 is 25.4 Å². The number of amides is 2. The first-order valence-corrected chi connectivity index (χ1v) is 7.49. The molecule has 0 radical (unpaired) electrons. The van der Waals surface area contributed by atoms with Crippen LogP contribution in [0.1, 0.15) is 31.9 Å². The summed E-state index contributed by atoms with van der Waals surface area (Å²) in [5.74, 6) is -0.685. The highest BCUT2D eigenvalue weighted by molar-refractivity contribution is 5.89. The minimum Gasteiger partial charge on any atom is -0.395 e. The number of ether oxygens (including phenoxy) is 2. The molecule has 1 aromatic carbocycles. The van der Waals surface area contributed by atoms with E-state index in [1.165, 1.54) is 12.1 Å². The SMILES string of the molecule is CC1NC(=O)CC(C(=O)N[C@H](C)c2ccc3c(c2)OC(F)(F)O3)N1. The third-order valence-electron chi connectivity index (χ3n) is 3.82. The number of carbonyl (C=O) groups is 2. The van der Waals surface area contributed by atoms with Gasteiger partial charge in [0.1, 0.15) is 0 Å². The molecule has 2 aliphatic rings. The minimum atomic E-state index is -3.68. The fraction of sp³-hybridized carbons (Fsp3) is 0.467. The smallest absolute Gasteiger partial charge is 0.395 e. The predicted molar refractivity (Wildman–Crippen MR) is 78.3 cm³/mol. The molecule has 3 N–H and O–H groups in total. The Balaban J connectivity index is 1.66. The highest BCUT2D eigenvalue weighted by Gasteiger charge is 2.43. The van der Waals surface area contributed by atoms with E-state index in [1.54, 1.807) is 19.9 Å². The summed E-state index contributed by atoms with van der Waals surface area (Å²) in [6.45, 7) is 3.44. The third-order valence-corrected chi connectivity index (χ3v) is 3.82. The summed E-state index contributed by atoms with van der Waals surface area (Å²) < 4.78 is 34.8. The monoisotopic (exact) mass is 341 g/mol. The van der Waals surface area contributed by atoms with E-state index in [0.717, 1.165) is 0 Å². The van der Waals surface area contributed by atoms with Crippen molar-refractivity contribution in [2.75, 3.05) is 0 Å². The Hall–Kier alpha value is -2.42. The first kappa shape index (κ1) is 16.4. The molecule has 24 heavy (non-hydrogen) atoms. The number of nitrogens with one attached hydrogen (secondary N) is 3. The molecular weight excluding hydrogens is 324 g/mol. The fourth-order valence-corrected chi connectivity index (χ4v) is 2.69. The molecular formula is C15H17F2N3O4. The highest BCUT2D eigenvalue weighted by Crippen LogP contribution is 2.41. The van der Waals surface area contributed by atoms with Gasteiger partial charge < -0.3 is 20.1 Å². The molecule has 9 heteroatoms. The van der Waals surface area contributed by atoms with Gasteiger partial charge in [0.05, 0.1) is 24.7 Å². The molecule has 1 saturated heterocycles. The van der Waals surface area contributed by atoms with Gasteiger partial charge in [-0.3, -0.25) is 14.9 Å². The van der Waals surface area contributed by atoms with Crippen LogP contribution in [-0.4, -0.2) is 30.3 Å². The maximum Gasteiger partial charge on any atom is 0.586 e. The number of hydrogen-bond acceptors (Lipinski definition) is 5. The lowest BCUT2D eigenvalue weighted by molar-refractivity contribution is -0.286. The van der Waals surface area contributed by atoms with E-state index in [-0.39, 0.29) is 35.9 Å². The van der Waals surface area contributed by atoms with Crippen molar-refractivity contribution >= 4 is 11.8 Å². The van der Waals surface area contributed by atoms with Gasteiger partial charge in [0.15, 0.2) is 11.5 Å². The van der Waals surface area contributed by atoms with E-state index in [4.69, 9.17) is 0 Å². The Kier molecular flexibility index (Phi) is 4.04. The summed E-state index contributed by atoms with van der Waals surface area (Å²) in [4.78, 5) is 23.8. The summed E-state index contributed by atoms with van der Waals surface area (Å²) in [7, 11) is 0. The predicted octanol–water partition coefficient (Wildman–Crippen LogP) is 1.01. The molecule has 0 aliphatic carbocycles.